The molecule has 2 aromatic rings. The quantitative estimate of drug-likeness (QED) is 0.642. The first-order chi connectivity index (χ1) is 9.76. The van der Waals surface area contributed by atoms with Gasteiger partial charge in [-0.15, -0.1) is 13.2 Å². The number of aromatic nitrogens is 2. The van der Waals surface area contributed by atoms with E-state index in [1.165, 1.54) is 19.1 Å². The third kappa shape index (κ3) is 3.80. The molecule has 2 rings (SSSR count). The van der Waals surface area contributed by atoms with Crippen LogP contribution in [-0.2, 0) is 0 Å². The number of nitrogens with zero attached hydrogens (tertiary/aromatic N) is 2. The van der Waals surface area contributed by atoms with Gasteiger partial charge in [0.25, 0.3) is 0 Å². The molecule has 1 aromatic heterocycles. The Morgan fingerprint density at radius 1 is 1.29 bits per heavy atom. The van der Waals surface area contributed by atoms with Crippen LogP contribution in [0.3, 0.4) is 0 Å². The van der Waals surface area contributed by atoms with Crippen molar-refractivity contribution in [1.82, 2.24) is 9.78 Å². The molecular weight excluding hydrogens is 292 g/mol. The maximum Gasteiger partial charge on any atom is 0.573 e. The summed E-state index contributed by atoms with van der Waals surface area (Å²) in [5.41, 5.74) is 0.174. The lowest BCUT2D eigenvalue weighted by atomic mass is 10.1. The molecule has 1 atom stereocenters. The van der Waals surface area contributed by atoms with Gasteiger partial charge in [-0.2, -0.15) is 5.10 Å². The van der Waals surface area contributed by atoms with Gasteiger partial charge in [0.1, 0.15) is 11.8 Å². The van der Waals surface area contributed by atoms with Crippen LogP contribution in [0.1, 0.15) is 23.3 Å². The zero-order valence-corrected chi connectivity index (χ0v) is 10.8. The predicted molar refractivity (Wildman–Crippen MR) is 64.4 cm³/mol. The summed E-state index contributed by atoms with van der Waals surface area (Å²) in [4.78, 5) is 12.1. The van der Waals surface area contributed by atoms with Crippen molar-refractivity contribution in [2.45, 2.75) is 19.3 Å². The Hall–Kier alpha value is -2.38. The second-order valence-corrected chi connectivity index (χ2v) is 4.25. The van der Waals surface area contributed by atoms with Gasteiger partial charge >= 0.3 is 6.36 Å². The number of ketones is 1. The molecule has 8 heteroatoms. The van der Waals surface area contributed by atoms with Gasteiger partial charge in [-0.25, -0.2) is 4.39 Å². The molecule has 0 aliphatic heterocycles. The van der Waals surface area contributed by atoms with Crippen molar-refractivity contribution in [3.05, 3.63) is 48.0 Å². The summed E-state index contributed by atoms with van der Waals surface area (Å²) in [5.74, 6) is -1.41. The van der Waals surface area contributed by atoms with Crippen molar-refractivity contribution in [3.8, 4) is 5.75 Å². The maximum atomic E-state index is 12.8. The van der Waals surface area contributed by atoms with E-state index in [1.54, 1.807) is 0 Å². The van der Waals surface area contributed by atoms with Gasteiger partial charge in [0.2, 0.25) is 0 Å². The van der Waals surface area contributed by atoms with Crippen LogP contribution in [0, 0.1) is 5.82 Å². The normalized spacial score (nSPS) is 13.0. The van der Waals surface area contributed by atoms with E-state index in [2.05, 4.69) is 9.84 Å². The summed E-state index contributed by atoms with van der Waals surface area (Å²) in [5, 5.41) is 3.68. The number of rotatable bonds is 4. The van der Waals surface area contributed by atoms with Crippen LogP contribution in [0.25, 0.3) is 0 Å². The van der Waals surface area contributed by atoms with E-state index in [9.17, 15) is 22.4 Å². The highest BCUT2D eigenvalue weighted by Crippen LogP contribution is 2.24. The Labute approximate surface area is 116 Å². The fourth-order valence-corrected chi connectivity index (χ4v) is 1.71. The molecule has 0 unspecified atom stereocenters. The Bertz CT molecular complexity index is 634. The first-order valence-corrected chi connectivity index (χ1v) is 5.86. The smallest absolute Gasteiger partial charge is 0.406 e. The SMILES string of the molecule is C[C@H](C(=O)c1ccc(OC(F)(F)F)cc1)n1cc(F)cn1. The first-order valence-electron chi connectivity index (χ1n) is 5.86. The van der Waals surface area contributed by atoms with Crippen LogP contribution in [0.5, 0.6) is 5.75 Å². The second-order valence-electron chi connectivity index (χ2n) is 4.25. The van der Waals surface area contributed by atoms with Crippen LogP contribution in [0.4, 0.5) is 17.6 Å². The lowest BCUT2D eigenvalue weighted by Crippen LogP contribution is -2.18. The van der Waals surface area contributed by atoms with Crippen LogP contribution < -0.4 is 4.74 Å². The first kappa shape index (κ1) is 15.0. The van der Waals surface area contributed by atoms with E-state index >= 15 is 0 Å². The summed E-state index contributed by atoms with van der Waals surface area (Å²) in [7, 11) is 0. The zero-order valence-electron chi connectivity index (χ0n) is 10.8. The van der Waals surface area contributed by atoms with Crippen molar-refractivity contribution in [3.63, 3.8) is 0 Å². The molecule has 1 heterocycles. The van der Waals surface area contributed by atoms with Crippen molar-refractivity contribution in [1.29, 1.82) is 0 Å². The molecular formula is C13H10F4N2O2. The molecule has 0 spiro atoms. The number of ether oxygens (including phenoxy) is 1. The van der Waals surface area contributed by atoms with Crippen LogP contribution >= 0.6 is 0 Å². The largest absolute Gasteiger partial charge is 0.573 e. The minimum atomic E-state index is -4.79. The molecule has 0 bridgehead atoms. The van der Waals surface area contributed by atoms with Gasteiger partial charge in [-0.05, 0) is 31.2 Å². The highest BCUT2D eigenvalue weighted by molar-refractivity contribution is 5.98. The van der Waals surface area contributed by atoms with E-state index in [0.717, 1.165) is 29.2 Å². The third-order valence-corrected chi connectivity index (χ3v) is 2.72. The minimum Gasteiger partial charge on any atom is -0.406 e. The van der Waals surface area contributed by atoms with E-state index in [1.807, 2.05) is 0 Å². The Kier molecular flexibility index (Phi) is 3.97. The molecule has 21 heavy (non-hydrogen) atoms. The van der Waals surface area contributed by atoms with E-state index in [-0.39, 0.29) is 5.56 Å². The molecule has 0 radical (unpaired) electrons. The second kappa shape index (κ2) is 5.55. The van der Waals surface area contributed by atoms with Gasteiger partial charge in [-0.3, -0.25) is 9.48 Å². The molecule has 0 saturated heterocycles. The molecule has 0 amide bonds. The summed E-state index contributed by atoms with van der Waals surface area (Å²) in [6.45, 7) is 1.51. The molecule has 0 aliphatic carbocycles. The third-order valence-electron chi connectivity index (χ3n) is 2.72. The minimum absolute atomic E-state index is 0.174. The van der Waals surface area contributed by atoms with Crippen molar-refractivity contribution in [2.75, 3.05) is 0 Å². The van der Waals surface area contributed by atoms with Gasteiger partial charge in [0.05, 0.1) is 12.4 Å². The highest BCUT2D eigenvalue weighted by Gasteiger charge is 2.31. The molecule has 0 aliphatic rings. The fraction of sp³-hybridized carbons (Fsp3) is 0.231. The van der Waals surface area contributed by atoms with Gasteiger partial charge < -0.3 is 4.74 Å². The number of hydrogen-bond donors (Lipinski definition) is 0. The molecule has 0 fully saturated rings. The van der Waals surface area contributed by atoms with Gasteiger partial charge in [0.15, 0.2) is 11.6 Å². The summed E-state index contributed by atoms with van der Waals surface area (Å²) in [6.07, 6.45) is -2.76. The topological polar surface area (TPSA) is 44.1 Å². The summed E-state index contributed by atoms with van der Waals surface area (Å²) >= 11 is 0. The van der Waals surface area contributed by atoms with Gasteiger partial charge in [-0.1, -0.05) is 0 Å². The van der Waals surface area contributed by atoms with Crippen LogP contribution in [-0.4, -0.2) is 21.9 Å². The van der Waals surface area contributed by atoms with Gasteiger partial charge in [0, 0.05) is 5.56 Å². The predicted octanol–water partition coefficient (Wildman–Crippen LogP) is 3.36. The maximum absolute atomic E-state index is 12.8. The number of hydrogen-bond acceptors (Lipinski definition) is 3. The van der Waals surface area contributed by atoms with E-state index < -0.39 is 29.8 Å². The Balaban J connectivity index is 2.13. The molecule has 1 aromatic carbocycles. The Morgan fingerprint density at radius 2 is 1.90 bits per heavy atom. The molecule has 0 N–H and O–H groups in total. The summed E-state index contributed by atoms with van der Waals surface area (Å²) in [6, 6.07) is 3.72. The Morgan fingerprint density at radius 3 is 2.38 bits per heavy atom. The van der Waals surface area contributed by atoms with Crippen molar-refractivity contribution in [2.24, 2.45) is 0 Å². The number of alkyl halides is 3. The molecule has 0 saturated carbocycles. The van der Waals surface area contributed by atoms with E-state index in [0.29, 0.717) is 0 Å². The number of benzene rings is 1. The highest BCUT2D eigenvalue weighted by atomic mass is 19.4. The lowest BCUT2D eigenvalue weighted by Gasteiger charge is -2.12. The molecule has 112 valence electrons. The lowest BCUT2D eigenvalue weighted by molar-refractivity contribution is -0.274. The van der Waals surface area contributed by atoms with Crippen LogP contribution in [0.15, 0.2) is 36.7 Å². The number of carbonyl (C=O) groups excluding carboxylic acids is 1. The average Bonchev–Trinajstić information content (AvgIpc) is 2.83. The van der Waals surface area contributed by atoms with Crippen molar-refractivity contribution >= 4 is 5.78 Å². The van der Waals surface area contributed by atoms with Crippen LogP contribution in [0.2, 0.25) is 0 Å². The fourth-order valence-electron chi connectivity index (χ4n) is 1.71. The van der Waals surface area contributed by atoms with Crippen molar-refractivity contribution < 1.29 is 27.1 Å². The number of Topliss-reactive ketones (excluding diaryl/α,β-unsaturated/α-hetero) is 1. The monoisotopic (exact) mass is 302 g/mol. The average molecular weight is 302 g/mol. The molecule has 4 nitrogen and oxygen atoms in total. The standard InChI is InChI=1S/C13H10F4N2O2/c1-8(19-7-10(14)6-18-19)12(20)9-2-4-11(5-3-9)21-13(15,16)17/h2-8H,1H3/t8-/m1/s1. The number of halogens is 4. The van der Waals surface area contributed by atoms with E-state index in [4.69, 9.17) is 0 Å². The summed E-state index contributed by atoms with van der Waals surface area (Å²) < 4.78 is 53.7. The zero-order chi connectivity index (χ0) is 15.6. The number of carbonyl (C=O) groups is 1.